The standard InChI is InChI=1S/C3H3F2N3/c4-3(5)2-1-6-8-7-2/h1,3H,(H,6,7,8). The Bertz CT molecular complexity index is 148. The second kappa shape index (κ2) is 1.85. The summed E-state index contributed by atoms with van der Waals surface area (Å²) in [5.74, 6) is 0. The van der Waals surface area contributed by atoms with Gasteiger partial charge in [0.25, 0.3) is 6.43 Å². The van der Waals surface area contributed by atoms with E-state index in [1.54, 1.807) is 0 Å². The van der Waals surface area contributed by atoms with Gasteiger partial charge in [0.15, 0.2) is 0 Å². The fourth-order valence-electron chi connectivity index (χ4n) is 0.317. The van der Waals surface area contributed by atoms with Crippen molar-refractivity contribution in [1.29, 1.82) is 0 Å². The number of hydrogen-bond acceptors (Lipinski definition) is 2. The molecule has 0 atom stereocenters. The predicted molar refractivity (Wildman–Crippen MR) is 21.3 cm³/mol. The van der Waals surface area contributed by atoms with Crippen LogP contribution in [-0.4, -0.2) is 15.4 Å². The number of hydrogen-bond donors (Lipinski definition) is 1. The third-order valence-electron chi connectivity index (χ3n) is 0.659. The van der Waals surface area contributed by atoms with E-state index in [2.05, 4.69) is 15.4 Å². The third kappa shape index (κ3) is 0.800. The van der Waals surface area contributed by atoms with Crippen molar-refractivity contribution >= 4 is 0 Å². The molecule has 1 heterocycles. The molecular formula is C3H3F2N3. The van der Waals surface area contributed by atoms with Gasteiger partial charge in [-0.15, -0.1) is 5.10 Å². The zero-order chi connectivity index (χ0) is 5.98. The first-order valence-corrected chi connectivity index (χ1v) is 1.95. The molecule has 0 radical (unpaired) electrons. The van der Waals surface area contributed by atoms with Crippen LogP contribution in [0, 0.1) is 0 Å². The molecule has 0 spiro atoms. The minimum atomic E-state index is -2.52. The lowest BCUT2D eigenvalue weighted by Crippen LogP contribution is -1.81. The molecule has 0 saturated carbocycles. The van der Waals surface area contributed by atoms with Crippen molar-refractivity contribution in [3.05, 3.63) is 11.9 Å². The van der Waals surface area contributed by atoms with E-state index in [0.29, 0.717) is 0 Å². The highest BCUT2D eigenvalue weighted by molar-refractivity contribution is 4.90. The number of nitrogens with one attached hydrogen (secondary N) is 1. The maximum Gasteiger partial charge on any atom is 0.283 e. The summed E-state index contributed by atoms with van der Waals surface area (Å²) in [5, 5.41) is 8.32. The largest absolute Gasteiger partial charge is 0.283 e. The molecule has 0 bridgehead atoms. The Hall–Kier alpha value is -1.00. The monoisotopic (exact) mass is 119 g/mol. The zero-order valence-electron chi connectivity index (χ0n) is 3.81. The summed E-state index contributed by atoms with van der Waals surface area (Å²) < 4.78 is 23.0. The molecule has 1 N–H and O–H groups in total. The van der Waals surface area contributed by atoms with Gasteiger partial charge in [0.05, 0.1) is 6.20 Å². The van der Waals surface area contributed by atoms with Gasteiger partial charge in [-0.1, -0.05) is 5.21 Å². The first kappa shape index (κ1) is 5.14. The van der Waals surface area contributed by atoms with Crippen molar-refractivity contribution in [1.82, 2.24) is 15.4 Å². The average molecular weight is 119 g/mol. The third-order valence-corrected chi connectivity index (χ3v) is 0.659. The quantitative estimate of drug-likeness (QED) is 0.592. The van der Waals surface area contributed by atoms with Crippen LogP contribution in [0.3, 0.4) is 0 Å². The fourth-order valence-corrected chi connectivity index (χ4v) is 0.317. The van der Waals surface area contributed by atoms with E-state index in [-0.39, 0.29) is 5.69 Å². The highest BCUT2D eigenvalue weighted by Crippen LogP contribution is 2.12. The predicted octanol–water partition coefficient (Wildman–Crippen LogP) is 0.742. The van der Waals surface area contributed by atoms with Gasteiger partial charge in [-0.25, -0.2) is 8.78 Å². The highest BCUT2D eigenvalue weighted by Gasteiger charge is 2.07. The van der Waals surface area contributed by atoms with Gasteiger partial charge in [0, 0.05) is 0 Å². The highest BCUT2D eigenvalue weighted by atomic mass is 19.3. The van der Waals surface area contributed by atoms with E-state index in [1.807, 2.05) is 0 Å². The minimum absolute atomic E-state index is 0.315. The maximum atomic E-state index is 11.5. The summed E-state index contributed by atoms with van der Waals surface area (Å²) in [5.41, 5.74) is -0.315. The van der Waals surface area contributed by atoms with Crippen molar-refractivity contribution < 1.29 is 8.78 Å². The molecule has 0 amide bonds. The van der Waals surface area contributed by atoms with Gasteiger partial charge in [0.2, 0.25) is 0 Å². The van der Waals surface area contributed by atoms with Gasteiger partial charge in [0.1, 0.15) is 5.69 Å². The molecule has 1 aromatic heterocycles. The normalized spacial score (nSPS) is 10.4. The molecule has 44 valence electrons. The number of alkyl halides is 2. The van der Waals surface area contributed by atoms with Crippen LogP contribution in [0.2, 0.25) is 0 Å². The van der Waals surface area contributed by atoms with Crippen molar-refractivity contribution in [2.75, 3.05) is 0 Å². The lowest BCUT2D eigenvalue weighted by molar-refractivity contribution is 0.146. The van der Waals surface area contributed by atoms with Gasteiger partial charge in [-0.2, -0.15) is 0 Å². The van der Waals surface area contributed by atoms with Crippen LogP contribution in [0.25, 0.3) is 0 Å². The van der Waals surface area contributed by atoms with Crippen LogP contribution in [0.4, 0.5) is 8.78 Å². The second-order valence-electron chi connectivity index (χ2n) is 1.20. The van der Waals surface area contributed by atoms with E-state index >= 15 is 0 Å². The molecule has 0 aliphatic carbocycles. The molecule has 0 saturated heterocycles. The molecule has 0 aliphatic heterocycles. The van der Waals surface area contributed by atoms with Crippen LogP contribution < -0.4 is 0 Å². The van der Waals surface area contributed by atoms with E-state index in [4.69, 9.17) is 0 Å². The van der Waals surface area contributed by atoms with E-state index in [0.717, 1.165) is 6.20 Å². The molecular weight excluding hydrogens is 116 g/mol. The molecule has 0 unspecified atom stereocenters. The summed E-state index contributed by atoms with van der Waals surface area (Å²) in [4.78, 5) is 0. The maximum absolute atomic E-state index is 11.5. The van der Waals surface area contributed by atoms with Crippen LogP contribution in [0.15, 0.2) is 6.20 Å². The summed E-state index contributed by atoms with van der Waals surface area (Å²) in [6, 6.07) is 0. The molecule has 8 heavy (non-hydrogen) atoms. The van der Waals surface area contributed by atoms with Crippen LogP contribution in [0.5, 0.6) is 0 Å². The van der Waals surface area contributed by atoms with Crippen molar-refractivity contribution in [3.63, 3.8) is 0 Å². The summed E-state index contributed by atoms with van der Waals surface area (Å²) in [6.07, 6.45) is -1.46. The molecule has 0 aliphatic rings. The van der Waals surface area contributed by atoms with E-state index < -0.39 is 6.43 Å². The Morgan fingerprint density at radius 1 is 1.62 bits per heavy atom. The zero-order valence-corrected chi connectivity index (χ0v) is 3.81. The van der Waals surface area contributed by atoms with Crippen LogP contribution in [0.1, 0.15) is 12.1 Å². The van der Waals surface area contributed by atoms with Gasteiger partial charge < -0.3 is 0 Å². The van der Waals surface area contributed by atoms with Gasteiger partial charge >= 0.3 is 0 Å². The Morgan fingerprint density at radius 2 is 2.38 bits per heavy atom. The van der Waals surface area contributed by atoms with Crippen LogP contribution >= 0.6 is 0 Å². The Balaban J connectivity index is 2.77. The van der Waals surface area contributed by atoms with Crippen LogP contribution in [-0.2, 0) is 0 Å². The lowest BCUT2D eigenvalue weighted by atomic mass is 10.5. The molecule has 1 rings (SSSR count). The number of H-pyrrole nitrogens is 1. The Kier molecular flexibility index (Phi) is 1.19. The first-order chi connectivity index (χ1) is 3.80. The summed E-state index contributed by atoms with van der Waals surface area (Å²) in [6.45, 7) is 0. The Morgan fingerprint density at radius 3 is 2.62 bits per heavy atom. The molecule has 3 nitrogen and oxygen atoms in total. The van der Waals surface area contributed by atoms with Crippen molar-refractivity contribution in [2.45, 2.75) is 6.43 Å². The first-order valence-electron chi connectivity index (χ1n) is 1.95. The van der Waals surface area contributed by atoms with Gasteiger partial charge in [-0.3, -0.25) is 5.10 Å². The van der Waals surface area contributed by atoms with Crippen molar-refractivity contribution in [2.24, 2.45) is 0 Å². The summed E-state index contributed by atoms with van der Waals surface area (Å²) >= 11 is 0. The molecule has 0 fully saturated rings. The van der Waals surface area contributed by atoms with E-state index in [9.17, 15) is 8.78 Å². The van der Waals surface area contributed by atoms with E-state index in [1.165, 1.54) is 0 Å². The van der Waals surface area contributed by atoms with Gasteiger partial charge in [-0.05, 0) is 0 Å². The number of halogens is 2. The topological polar surface area (TPSA) is 41.6 Å². The smallest absolute Gasteiger partial charge is 0.265 e. The SMILES string of the molecule is FC(F)c1c[nH]nn1. The van der Waals surface area contributed by atoms with Crippen molar-refractivity contribution in [3.8, 4) is 0 Å². The number of rotatable bonds is 1. The molecule has 1 aromatic rings. The minimum Gasteiger partial charge on any atom is -0.265 e. The number of aromatic nitrogens is 3. The Labute approximate surface area is 43.7 Å². The molecule has 0 aromatic carbocycles. The molecule has 5 heteroatoms. The summed E-state index contributed by atoms with van der Waals surface area (Å²) in [7, 11) is 0. The fraction of sp³-hybridized carbons (Fsp3) is 0.333. The lowest BCUT2D eigenvalue weighted by Gasteiger charge is -1.84. The number of aromatic amines is 1. The number of nitrogens with zero attached hydrogens (tertiary/aromatic N) is 2. The second-order valence-corrected chi connectivity index (χ2v) is 1.20. The average Bonchev–Trinajstić information content (AvgIpc) is 2.12.